The Morgan fingerprint density at radius 2 is 1.62 bits per heavy atom. The predicted octanol–water partition coefficient (Wildman–Crippen LogP) is 9.00. The Balaban J connectivity index is 1.54. The first-order valence-electron chi connectivity index (χ1n) is 15.4. The molecule has 0 spiro atoms. The number of unbranched alkanes of at least 4 members (excludes halogenated alkanes) is 6. The number of halogens is 1. The lowest BCUT2D eigenvalue weighted by Gasteiger charge is -2.35. The van der Waals surface area contributed by atoms with Gasteiger partial charge in [-0.05, 0) is 74.3 Å². The van der Waals surface area contributed by atoms with Crippen LogP contribution in [0.3, 0.4) is 0 Å². The maximum absolute atomic E-state index is 15.9. The Morgan fingerprint density at radius 3 is 2.26 bits per heavy atom. The minimum absolute atomic E-state index is 0.0179. The van der Waals surface area contributed by atoms with Gasteiger partial charge in [0.2, 0.25) is 5.67 Å². The lowest BCUT2D eigenvalue weighted by atomic mass is 9.73. The highest BCUT2D eigenvalue weighted by molar-refractivity contribution is 5.77. The molecule has 6 heteroatoms. The van der Waals surface area contributed by atoms with E-state index in [1.54, 1.807) is 0 Å². The third-order valence-corrected chi connectivity index (χ3v) is 8.28. The first-order valence-corrected chi connectivity index (χ1v) is 15.4. The van der Waals surface area contributed by atoms with Crippen molar-refractivity contribution in [3.63, 3.8) is 0 Å². The molecule has 1 aromatic heterocycles. The second-order valence-corrected chi connectivity index (χ2v) is 11.5. The Hall–Kier alpha value is -2.50. The molecule has 1 fully saturated rings. The topological polar surface area (TPSA) is 72.3 Å². The number of aryl methyl sites for hydroxylation is 1. The van der Waals surface area contributed by atoms with Crippen molar-refractivity contribution in [3.8, 4) is 17.1 Å². The summed E-state index contributed by atoms with van der Waals surface area (Å²) < 4.78 is 22.0. The van der Waals surface area contributed by atoms with Gasteiger partial charge >= 0.3 is 5.97 Å². The fourth-order valence-corrected chi connectivity index (χ4v) is 5.80. The summed E-state index contributed by atoms with van der Waals surface area (Å²) in [6.45, 7) is 4.65. The van der Waals surface area contributed by atoms with E-state index in [1.807, 2.05) is 36.7 Å². The molecule has 216 valence electrons. The molecule has 5 nitrogen and oxygen atoms in total. The number of ether oxygens (including phenoxy) is 1. The molecule has 2 atom stereocenters. The quantitative estimate of drug-likeness (QED) is 0.191. The van der Waals surface area contributed by atoms with E-state index in [0.717, 1.165) is 50.5 Å². The average molecular weight is 541 g/mol. The molecule has 0 saturated heterocycles. The highest BCUT2D eigenvalue weighted by Crippen LogP contribution is 2.40. The molecule has 1 saturated carbocycles. The van der Waals surface area contributed by atoms with Crippen LogP contribution in [0.1, 0.15) is 116 Å². The van der Waals surface area contributed by atoms with E-state index >= 15 is 4.39 Å². The van der Waals surface area contributed by atoms with Gasteiger partial charge in [0, 0.05) is 23.9 Å². The van der Waals surface area contributed by atoms with Crippen LogP contribution in [0.15, 0.2) is 36.7 Å². The number of benzene rings is 1. The van der Waals surface area contributed by atoms with E-state index < -0.39 is 17.6 Å². The van der Waals surface area contributed by atoms with Crippen LogP contribution in [-0.2, 0) is 11.2 Å². The number of aromatic nitrogens is 2. The normalized spacial score (nSPS) is 16.5. The van der Waals surface area contributed by atoms with Gasteiger partial charge < -0.3 is 9.84 Å². The molecule has 1 N–H and O–H groups in total. The molecule has 2 aromatic rings. The van der Waals surface area contributed by atoms with Crippen LogP contribution in [0.4, 0.5) is 4.39 Å². The summed E-state index contributed by atoms with van der Waals surface area (Å²) in [5.41, 5.74) is -0.0854. The summed E-state index contributed by atoms with van der Waals surface area (Å²) in [7, 11) is 0. The van der Waals surface area contributed by atoms with Gasteiger partial charge in [0.15, 0.2) is 5.82 Å². The van der Waals surface area contributed by atoms with Gasteiger partial charge in [0.1, 0.15) is 5.75 Å². The van der Waals surface area contributed by atoms with E-state index in [-0.39, 0.29) is 12.3 Å². The molecule has 1 aromatic carbocycles. The minimum atomic E-state index is -2.18. The first-order chi connectivity index (χ1) is 19.0. The van der Waals surface area contributed by atoms with Crippen LogP contribution in [-0.4, -0.2) is 33.3 Å². The van der Waals surface area contributed by atoms with Crippen molar-refractivity contribution in [1.29, 1.82) is 0 Å². The number of carbonyl (C=O) groups is 1. The summed E-state index contributed by atoms with van der Waals surface area (Å²) in [5.74, 6) is -0.472. The molecule has 1 aliphatic rings. The summed E-state index contributed by atoms with van der Waals surface area (Å²) in [6.07, 6.45) is 19.4. The number of nitrogens with zero attached hydrogens (tertiary/aromatic N) is 2. The van der Waals surface area contributed by atoms with Crippen molar-refractivity contribution in [2.45, 2.75) is 122 Å². The van der Waals surface area contributed by atoms with E-state index in [9.17, 15) is 9.90 Å². The van der Waals surface area contributed by atoms with Crippen LogP contribution in [0, 0.1) is 11.8 Å². The Labute approximate surface area is 235 Å². The highest BCUT2D eigenvalue weighted by Gasteiger charge is 2.48. The van der Waals surface area contributed by atoms with Gasteiger partial charge in [-0.1, -0.05) is 78.1 Å². The molecule has 3 rings (SSSR count). The number of hydrogen-bond donors (Lipinski definition) is 1. The SMILES string of the molecule is CCCCCCCCc1cnc(-c2ccc(OCC(CCCC)C[C@@](F)(C(=O)O)C3CCCCC3)cc2)nc1. The number of carboxylic acid groups (broad SMARTS) is 1. The summed E-state index contributed by atoms with van der Waals surface area (Å²) in [6, 6.07) is 7.66. The van der Waals surface area contributed by atoms with E-state index in [1.165, 1.54) is 44.1 Å². The zero-order chi connectivity index (χ0) is 27.9. The Kier molecular flexibility index (Phi) is 13.2. The molecule has 1 aliphatic carbocycles. The number of aliphatic carboxylic acids is 1. The zero-order valence-corrected chi connectivity index (χ0v) is 24.2. The number of carboxylic acids is 1. The van der Waals surface area contributed by atoms with Gasteiger partial charge in [0.05, 0.1) is 6.61 Å². The molecule has 0 aliphatic heterocycles. The maximum Gasteiger partial charge on any atom is 0.341 e. The van der Waals surface area contributed by atoms with Crippen molar-refractivity contribution in [2.75, 3.05) is 6.61 Å². The molecular formula is C33H49FN2O3. The second-order valence-electron chi connectivity index (χ2n) is 11.5. The van der Waals surface area contributed by atoms with Crippen molar-refractivity contribution in [1.82, 2.24) is 9.97 Å². The zero-order valence-electron chi connectivity index (χ0n) is 24.2. The Bertz CT molecular complexity index is 960. The lowest BCUT2D eigenvalue weighted by Crippen LogP contribution is -2.45. The molecule has 0 amide bonds. The number of hydrogen-bond acceptors (Lipinski definition) is 4. The summed E-state index contributed by atoms with van der Waals surface area (Å²) in [4.78, 5) is 21.2. The van der Waals surface area contributed by atoms with Crippen molar-refractivity contribution < 1.29 is 19.0 Å². The van der Waals surface area contributed by atoms with Crippen molar-refractivity contribution in [3.05, 3.63) is 42.2 Å². The van der Waals surface area contributed by atoms with Crippen molar-refractivity contribution >= 4 is 5.97 Å². The van der Waals surface area contributed by atoms with E-state index in [0.29, 0.717) is 31.0 Å². The summed E-state index contributed by atoms with van der Waals surface area (Å²) in [5, 5.41) is 9.85. The Morgan fingerprint density at radius 1 is 0.974 bits per heavy atom. The lowest BCUT2D eigenvalue weighted by molar-refractivity contribution is -0.158. The van der Waals surface area contributed by atoms with E-state index in [2.05, 4.69) is 23.8 Å². The largest absolute Gasteiger partial charge is 0.493 e. The second kappa shape index (κ2) is 16.6. The maximum atomic E-state index is 15.9. The van der Waals surface area contributed by atoms with Gasteiger partial charge in [-0.3, -0.25) is 0 Å². The number of alkyl halides is 1. The van der Waals surface area contributed by atoms with Gasteiger partial charge in [-0.25, -0.2) is 19.2 Å². The molecule has 39 heavy (non-hydrogen) atoms. The van der Waals surface area contributed by atoms with Crippen LogP contribution < -0.4 is 4.74 Å². The third-order valence-electron chi connectivity index (χ3n) is 8.28. The van der Waals surface area contributed by atoms with Crippen LogP contribution in [0.25, 0.3) is 11.4 Å². The standard InChI is InChI=1S/C33H49FN2O3/c1-3-5-7-8-9-11-15-27-23-35-31(36-24-27)28-18-20-30(21-19-28)39-25-26(14-6-4-2)22-33(34,32(37)38)29-16-12-10-13-17-29/h18-21,23-24,26,29H,3-17,22,25H2,1-2H3,(H,37,38)/t26?,33-/m0/s1. The van der Waals surface area contributed by atoms with Crippen LogP contribution in [0.2, 0.25) is 0 Å². The van der Waals surface area contributed by atoms with Gasteiger partial charge in [0.25, 0.3) is 0 Å². The minimum Gasteiger partial charge on any atom is -0.493 e. The summed E-state index contributed by atoms with van der Waals surface area (Å²) >= 11 is 0. The van der Waals surface area contributed by atoms with Gasteiger partial charge in [-0.15, -0.1) is 0 Å². The van der Waals surface area contributed by atoms with Crippen LogP contribution in [0.5, 0.6) is 5.75 Å². The monoisotopic (exact) mass is 540 g/mol. The van der Waals surface area contributed by atoms with E-state index in [4.69, 9.17) is 4.74 Å². The molecule has 0 radical (unpaired) electrons. The van der Waals surface area contributed by atoms with Crippen LogP contribution >= 0.6 is 0 Å². The fraction of sp³-hybridized carbons (Fsp3) is 0.667. The smallest absolute Gasteiger partial charge is 0.341 e. The molecule has 1 heterocycles. The number of rotatable bonds is 18. The first kappa shape index (κ1) is 31.0. The third kappa shape index (κ3) is 9.88. The molecule has 1 unspecified atom stereocenters. The molecular weight excluding hydrogens is 491 g/mol. The fourth-order valence-electron chi connectivity index (χ4n) is 5.80. The molecule has 0 bridgehead atoms. The van der Waals surface area contributed by atoms with Crippen molar-refractivity contribution in [2.24, 2.45) is 11.8 Å². The highest BCUT2D eigenvalue weighted by atomic mass is 19.1. The predicted molar refractivity (Wildman–Crippen MR) is 156 cm³/mol. The van der Waals surface area contributed by atoms with Gasteiger partial charge in [-0.2, -0.15) is 0 Å². The average Bonchev–Trinajstić information content (AvgIpc) is 2.97.